The summed E-state index contributed by atoms with van der Waals surface area (Å²) < 4.78 is 7.29. The van der Waals surface area contributed by atoms with Gasteiger partial charge < -0.3 is 15.5 Å². The van der Waals surface area contributed by atoms with Crippen LogP contribution in [0.4, 0.5) is 5.69 Å². The summed E-state index contributed by atoms with van der Waals surface area (Å²) in [6.45, 7) is 2.04. The second-order valence-electron chi connectivity index (χ2n) is 6.57. The Morgan fingerprint density at radius 1 is 1.18 bits per heavy atom. The molecule has 1 amide bonds. The molecule has 5 nitrogen and oxygen atoms in total. The monoisotopic (exact) mass is 413 g/mol. The molecule has 7 heteroatoms. The quantitative estimate of drug-likeness (QED) is 0.641. The first-order valence-corrected chi connectivity index (χ1v) is 10.1. The molecule has 0 fully saturated rings. The second-order valence-corrected chi connectivity index (χ2v) is 8.16. The highest BCUT2D eigenvalue weighted by Crippen LogP contribution is 2.39. The van der Waals surface area contributed by atoms with Gasteiger partial charge >= 0.3 is 0 Å². The van der Waals surface area contributed by atoms with Crippen molar-refractivity contribution in [3.8, 4) is 5.75 Å². The van der Waals surface area contributed by atoms with Gasteiger partial charge in [-0.05, 0) is 55.0 Å². The Balaban J connectivity index is 1.65. The summed E-state index contributed by atoms with van der Waals surface area (Å²) in [6.07, 6.45) is 0. The molecule has 1 aromatic heterocycles. The zero-order chi connectivity index (χ0) is 19.7. The number of hydrogen-bond donors (Lipinski definition) is 2. The van der Waals surface area contributed by atoms with Crippen LogP contribution in [0.5, 0.6) is 5.75 Å². The molecular weight excluding hydrogens is 394 g/mol. The minimum Gasteiger partial charge on any atom is -0.497 e. The number of aryl methyl sites for hydroxylation is 1. The van der Waals surface area contributed by atoms with Crippen LogP contribution in [0.1, 0.15) is 17.3 Å². The molecular formula is C21H20ClN3O2S. The molecule has 0 aliphatic carbocycles. The summed E-state index contributed by atoms with van der Waals surface area (Å²) >= 11 is 7.60. The fourth-order valence-electron chi connectivity index (χ4n) is 3.22. The van der Waals surface area contributed by atoms with Gasteiger partial charge in [-0.3, -0.25) is 9.47 Å². The third kappa shape index (κ3) is 3.70. The number of fused-ring (bicyclic) bond motifs is 1. The largest absolute Gasteiger partial charge is 0.497 e. The predicted octanol–water partition coefficient (Wildman–Crippen LogP) is 4.86. The number of aromatic nitrogens is 1. The summed E-state index contributed by atoms with van der Waals surface area (Å²) in [7, 11) is 1.64. The highest BCUT2D eigenvalue weighted by atomic mass is 35.5. The highest BCUT2D eigenvalue weighted by molar-refractivity contribution is 8.00. The maximum absolute atomic E-state index is 13.2. The molecule has 0 radical (unpaired) electrons. The van der Waals surface area contributed by atoms with Gasteiger partial charge in [-0.25, -0.2) is 0 Å². The molecule has 2 atom stereocenters. The number of thioether (sulfide) groups is 1. The maximum atomic E-state index is 13.2. The van der Waals surface area contributed by atoms with E-state index in [1.165, 1.54) is 0 Å². The molecule has 2 heterocycles. The topological polar surface area (TPSA) is 55.3 Å². The SMILES string of the molecule is COc1ccc([C@@H]2Nn3c(C)ccc3S[C@@H]2C(=O)Nc2cccc(Cl)c2)cc1. The second kappa shape index (κ2) is 7.81. The van der Waals surface area contributed by atoms with Gasteiger partial charge in [-0.2, -0.15) is 0 Å². The molecule has 0 spiro atoms. The Morgan fingerprint density at radius 2 is 1.96 bits per heavy atom. The van der Waals surface area contributed by atoms with Crippen LogP contribution in [0, 0.1) is 6.92 Å². The van der Waals surface area contributed by atoms with Crippen LogP contribution >= 0.6 is 23.4 Å². The molecule has 28 heavy (non-hydrogen) atoms. The van der Waals surface area contributed by atoms with E-state index < -0.39 is 0 Å². The lowest BCUT2D eigenvalue weighted by Crippen LogP contribution is -2.41. The van der Waals surface area contributed by atoms with Gasteiger partial charge in [-0.15, -0.1) is 0 Å². The summed E-state index contributed by atoms with van der Waals surface area (Å²) in [5, 5.41) is 4.24. The number of amides is 1. The van der Waals surface area contributed by atoms with Crippen LogP contribution in [-0.4, -0.2) is 22.9 Å². The molecule has 2 N–H and O–H groups in total. The van der Waals surface area contributed by atoms with Gasteiger partial charge in [0.1, 0.15) is 11.0 Å². The number of rotatable bonds is 4. The van der Waals surface area contributed by atoms with Crippen molar-refractivity contribution < 1.29 is 9.53 Å². The van der Waals surface area contributed by atoms with Crippen molar-refractivity contribution in [2.45, 2.75) is 23.2 Å². The van der Waals surface area contributed by atoms with Crippen molar-refractivity contribution in [3.63, 3.8) is 0 Å². The third-order valence-corrected chi connectivity index (χ3v) is 6.22. The molecule has 2 aromatic carbocycles. The fraction of sp³-hybridized carbons (Fsp3) is 0.190. The van der Waals surface area contributed by atoms with E-state index in [2.05, 4.69) is 10.7 Å². The molecule has 0 bridgehead atoms. The summed E-state index contributed by atoms with van der Waals surface area (Å²) in [5.41, 5.74) is 6.28. The van der Waals surface area contributed by atoms with Gasteiger partial charge in [0.05, 0.1) is 18.2 Å². The van der Waals surface area contributed by atoms with Crippen LogP contribution in [-0.2, 0) is 4.79 Å². The maximum Gasteiger partial charge on any atom is 0.240 e. The number of ether oxygens (including phenoxy) is 1. The number of carbonyl (C=O) groups excluding carboxylic acids is 1. The lowest BCUT2D eigenvalue weighted by atomic mass is 10.0. The van der Waals surface area contributed by atoms with E-state index in [0.29, 0.717) is 10.7 Å². The van der Waals surface area contributed by atoms with Gasteiger partial charge in [0.15, 0.2) is 0 Å². The van der Waals surface area contributed by atoms with E-state index in [4.69, 9.17) is 16.3 Å². The molecule has 0 saturated heterocycles. The Kier molecular flexibility index (Phi) is 5.24. The van der Waals surface area contributed by atoms with E-state index in [1.807, 2.05) is 60.1 Å². The predicted molar refractivity (Wildman–Crippen MR) is 114 cm³/mol. The van der Waals surface area contributed by atoms with E-state index in [0.717, 1.165) is 22.0 Å². The van der Waals surface area contributed by atoms with E-state index in [9.17, 15) is 4.79 Å². The zero-order valence-corrected chi connectivity index (χ0v) is 17.1. The van der Waals surface area contributed by atoms with Crippen molar-refractivity contribution in [3.05, 3.63) is 76.9 Å². The Bertz CT molecular complexity index is 1000. The Labute approximate surface area is 173 Å². The summed E-state index contributed by atoms with van der Waals surface area (Å²) in [4.78, 5) is 13.2. The summed E-state index contributed by atoms with van der Waals surface area (Å²) in [6, 6.07) is 18.8. The fourth-order valence-corrected chi connectivity index (χ4v) is 4.64. The number of carbonyl (C=O) groups is 1. The summed E-state index contributed by atoms with van der Waals surface area (Å²) in [5.74, 6) is 0.704. The number of hydrogen-bond acceptors (Lipinski definition) is 4. The molecule has 1 aliphatic heterocycles. The van der Waals surface area contributed by atoms with Gasteiger partial charge in [0.25, 0.3) is 0 Å². The van der Waals surface area contributed by atoms with Crippen molar-refractivity contribution in [2.24, 2.45) is 0 Å². The zero-order valence-electron chi connectivity index (χ0n) is 15.5. The normalized spacial score (nSPS) is 18.1. The van der Waals surface area contributed by atoms with Crippen molar-refractivity contribution in [2.75, 3.05) is 17.9 Å². The number of nitrogens with one attached hydrogen (secondary N) is 2. The molecule has 0 unspecified atom stereocenters. The third-order valence-electron chi connectivity index (χ3n) is 4.68. The minimum absolute atomic E-state index is 0.0781. The first kappa shape index (κ1) is 18.8. The molecule has 3 aromatic rings. The Hall–Kier alpha value is -2.57. The van der Waals surface area contributed by atoms with Crippen LogP contribution in [0.2, 0.25) is 5.02 Å². The minimum atomic E-state index is -0.353. The average molecular weight is 414 g/mol. The number of anilines is 1. The molecule has 4 rings (SSSR count). The number of halogens is 1. The van der Waals surface area contributed by atoms with Crippen LogP contribution in [0.25, 0.3) is 0 Å². The molecule has 1 aliphatic rings. The Morgan fingerprint density at radius 3 is 2.68 bits per heavy atom. The van der Waals surface area contributed by atoms with Gasteiger partial charge in [0.2, 0.25) is 5.91 Å². The van der Waals surface area contributed by atoms with E-state index in [1.54, 1.807) is 31.0 Å². The van der Waals surface area contributed by atoms with E-state index >= 15 is 0 Å². The number of nitrogens with zero attached hydrogens (tertiary/aromatic N) is 1. The lowest BCUT2D eigenvalue weighted by Gasteiger charge is -2.34. The molecule has 144 valence electrons. The van der Waals surface area contributed by atoms with Crippen molar-refractivity contribution in [1.29, 1.82) is 0 Å². The van der Waals surface area contributed by atoms with Crippen molar-refractivity contribution >= 4 is 35.0 Å². The van der Waals surface area contributed by atoms with Gasteiger partial charge in [0, 0.05) is 16.4 Å². The average Bonchev–Trinajstić information content (AvgIpc) is 3.07. The molecule has 0 saturated carbocycles. The van der Waals surface area contributed by atoms with Crippen LogP contribution in [0.3, 0.4) is 0 Å². The first-order chi connectivity index (χ1) is 13.5. The van der Waals surface area contributed by atoms with Gasteiger partial charge in [-0.1, -0.05) is 41.6 Å². The number of benzene rings is 2. The lowest BCUT2D eigenvalue weighted by molar-refractivity contribution is -0.116. The van der Waals surface area contributed by atoms with E-state index in [-0.39, 0.29) is 17.2 Å². The highest BCUT2D eigenvalue weighted by Gasteiger charge is 2.36. The standard InChI is InChI=1S/C21H20ClN3O2S/c1-13-6-11-18-25(13)24-19(14-7-9-17(27-2)10-8-14)20(28-18)21(26)23-16-5-3-4-15(22)12-16/h3-12,19-20,24H,1-2H3,(H,23,26)/t19-,20-/m0/s1. The van der Waals surface area contributed by atoms with Crippen LogP contribution in [0.15, 0.2) is 65.7 Å². The first-order valence-electron chi connectivity index (χ1n) is 8.87. The smallest absolute Gasteiger partial charge is 0.240 e. The number of methoxy groups -OCH3 is 1. The van der Waals surface area contributed by atoms with Crippen molar-refractivity contribution in [1.82, 2.24) is 4.68 Å². The van der Waals surface area contributed by atoms with Crippen LogP contribution < -0.4 is 15.5 Å².